The van der Waals surface area contributed by atoms with Gasteiger partial charge in [0.05, 0.1) is 5.54 Å². The lowest BCUT2D eigenvalue weighted by molar-refractivity contribution is 0.430. The minimum absolute atomic E-state index is 0.0375. The number of benzene rings is 1. The molecule has 1 aromatic rings. The highest BCUT2D eigenvalue weighted by Crippen LogP contribution is 2.19. The normalized spacial score (nSPS) is 18.8. The van der Waals surface area contributed by atoms with Crippen molar-refractivity contribution < 1.29 is 0 Å². The Labute approximate surface area is 171 Å². The fourth-order valence-corrected chi connectivity index (χ4v) is 3.95. The van der Waals surface area contributed by atoms with E-state index in [0.717, 1.165) is 32.6 Å². The molecule has 28 heavy (non-hydrogen) atoms. The van der Waals surface area contributed by atoms with Crippen molar-refractivity contribution in [3.8, 4) is 0 Å². The van der Waals surface area contributed by atoms with Crippen LogP contribution in [-0.2, 0) is 6.42 Å². The topological polar surface area (TPSA) is 18.8 Å². The minimum atomic E-state index is -0.0375. The van der Waals surface area contributed by atoms with Crippen molar-refractivity contribution in [2.45, 2.75) is 64.8 Å². The second-order valence-corrected chi connectivity index (χ2v) is 9.01. The fourth-order valence-electron chi connectivity index (χ4n) is 3.95. The quantitative estimate of drug-likeness (QED) is 0.598. The van der Waals surface area contributed by atoms with Gasteiger partial charge in [-0.3, -0.25) is 0 Å². The van der Waals surface area contributed by atoms with Crippen LogP contribution in [0.5, 0.6) is 0 Å². The van der Waals surface area contributed by atoms with E-state index in [4.69, 9.17) is 4.99 Å². The molecule has 0 saturated carbocycles. The molecule has 3 heteroatoms. The molecule has 3 rings (SSSR count). The molecule has 0 aromatic heterocycles. The maximum atomic E-state index is 5.10. The lowest BCUT2D eigenvalue weighted by Crippen LogP contribution is -2.37. The summed E-state index contributed by atoms with van der Waals surface area (Å²) in [4.78, 5) is 10.1. The highest BCUT2D eigenvalue weighted by atomic mass is 15.4. The second kappa shape index (κ2) is 9.95. The maximum absolute atomic E-state index is 5.10. The molecule has 0 bridgehead atoms. The molecular formula is C25H37N3. The highest BCUT2D eigenvalue weighted by Gasteiger charge is 2.27. The first-order valence-electron chi connectivity index (χ1n) is 11.0. The molecule has 0 atom stereocenters. The van der Waals surface area contributed by atoms with Gasteiger partial charge in [0.15, 0.2) is 5.96 Å². The molecule has 152 valence electrons. The number of rotatable bonds is 8. The van der Waals surface area contributed by atoms with Gasteiger partial charge >= 0.3 is 0 Å². The summed E-state index contributed by atoms with van der Waals surface area (Å²) in [5, 5.41) is 0. The van der Waals surface area contributed by atoms with Gasteiger partial charge < -0.3 is 9.80 Å². The van der Waals surface area contributed by atoms with E-state index in [-0.39, 0.29) is 5.54 Å². The number of aryl methyl sites for hydroxylation is 1. The zero-order valence-electron chi connectivity index (χ0n) is 18.0. The molecule has 0 N–H and O–H groups in total. The molecular weight excluding hydrogens is 342 g/mol. The van der Waals surface area contributed by atoms with Crippen LogP contribution in [0.3, 0.4) is 0 Å². The number of aliphatic imine (C=N–C) groups is 1. The Morgan fingerprint density at radius 3 is 2.18 bits per heavy atom. The van der Waals surface area contributed by atoms with Gasteiger partial charge in [-0.05, 0) is 64.9 Å². The zero-order valence-corrected chi connectivity index (χ0v) is 18.0. The van der Waals surface area contributed by atoms with E-state index >= 15 is 0 Å². The summed E-state index contributed by atoms with van der Waals surface area (Å²) in [6, 6.07) is 10.8. The lowest BCUT2D eigenvalue weighted by Gasteiger charge is -2.27. The van der Waals surface area contributed by atoms with Crippen molar-refractivity contribution >= 4 is 5.96 Å². The number of nitrogens with zero attached hydrogens (tertiary/aromatic N) is 3. The van der Waals surface area contributed by atoms with Crippen molar-refractivity contribution in [3.63, 3.8) is 0 Å². The number of allylic oxidation sites excluding steroid dienone is 4. The third kappa shape index (κ3) is 6.54. The molecule has 1 aromatic carbocycles. The average molecular weight is 380 g/mol. The molecule has 0 unspecified atom stereocenters. The predicted molar refractivity (Wildman–Crippen MR) is 121 cm³/mol. The first kappa shape index (κ1) is 20.7. The molecule has 1 aliphatic carbocycles. The van der Waals surface area contributed by atoms with E-state index in [9.17, 15) is 0 Å². The van der Waals surface area contributed by atoms with Crippen molar-refractivity contribution in [3.05, 3.63) is 59.7 Å². The van der Waals surface area contributed by atoms with Crippen molar-refractivity contribution in [1.82, 2.24) is 9.80 Å². The molecule has 0 spiro atoms. The van der Waals surface area contributed by atoms with Crippen LogP contribution in [0, 0.1) is 0 Å². The van der Waals surface area contributed by atoms with Crippen molar-refractivity contribution in [2.24, 2.45) is 4.99 Å². The first-order chi connectivity index (χ1) is 13.5. The second-order valence-electron chi connectivity index (χ2n) is 9.01. The third-order valence-corrected chi connectivity index (χ3v) is 5.34. The molecule has 1 fully saturated rings. The molecule has 2 aliphatic rings. The van der Waals surface area contributed by atoms with Crippen LogP contribution in [0.4, 0.5) is 0 Å². The van der Waals surface area contributed by atoms with Gasteiger partial charge in [0, 0.05) is 26.2 Å². The summed E-state index contributed by atoms with van der Waals surface area (Å²) in [5.74, 6) is 1.22. The van der Waals surface area contributed by atoms with E-state index in [1.54, 1.807) is 0 Å². The molecule has 1 saturated heterocycles. The fraction of sp³-hybridized carbons (Fsp3) is 0.560. The Morgan fingerprint density at radius 1 is 0.893 bits per heavy atom. The van der Waals surface area contributed by atoms with E-state index in [1.807, 2.05) is 0 Å². The summed E-state index contributed by atoms with van der Waals surface area (Å²) in [6.45, 7) is 11.0. The molecule has 1 heterocycles. The Kier molecular flexibility index (Phi) is 7.36. The Morgan fingerprint density at radius 2 is 1.57 bits per heavy atom. The largest absolute Gasteiger partial charge is 0.341 e. The first-order valence-corrected chi connectivity index (χ1v) is 11.0. The zero-order chi connectivity index (χ0) is 19.8. The van der Waals surface area contributed by atoms with Crippen LogP contribution in [0.2, 0.25) is 0 Å². The van der Waals surface area contributed by atoms with Crippen LogP contribution in [0.1, 0.15) is 58.4 Å². The van der Waals surface area contributed by atoms with Crippen LogP contribution in [-0.4, -0.2) is 47.5 Å². The van der Waals surface area contributed by atoms with Gasteiger partial charge in [-0.25, -0.2) is 4.99 Å². The summed E-state index contributed by atoms with van der Waals surface area (Å²) in [5.41, 5.74) is 2.91. The van der Waals surface area contributed by atoms with Gasteiger partial charge in [0.1, 0.15) is 0 Å². The molecule has 0 amide bonds. The van der Waals surface area contributed by atoms with E-state index in [0.29, 0.717) is 0 Å². The van der Waals surface area contributed by atoms with Gasteiger partial charge in [0.2, 0.25) is 0 Å². The van der Waals surface area contributed by atoms with E-state index in [2.05, 4.69) is 79.1 Å². The Bertz CT molecular complexity index is 694. The summed E-state index contributed by atoms with van der Waals surface area (Å²) in [6.07, 6.45) is 14.2. The molecule has 0 radical (unpaired) electrons. The highest BCUT2D eigenvalue weighted by molar-refractivity contribution is 5.82. The Balaban J connectivity index is 1.54. The smallest absolute Gasteiger partial charge is 0.197 e. The SMILES string of the molecule is CC(C)(C)N=C1N(CCCC2=CCCC=C2)CCN1CCCc1ccccc1. The van der Waals surface area contributed by atoms with Crippen molar-refractivity contribution in [2.75, 3.05) is 26.2 Å². The van der Waals surface area contributed by atoms with Crippen molar-refractivity contribution in [1.29, 1.82) is 0 Å². The minimum Gasteiger partial charge on any atom is -0.341 e. The van der Waals surface area contributed by atoms with Crippen LogP contribution < -0.4 is 0 Å². The third-order valence-electron chi connectivity index (χ3n) is 5.34. The van der Waals surface area contributed by atoms with Gasteiger partial charge in [-0.1, -0.05) is 54.1 Å². The number of guanidine groups is 1. The number of hydrogen-bond acceptors (Lipinski definition) is 1. The average Bonchev–Trinajstić information content (AvgIpc) is 3.04. The van der Waals surface area contributed by atoms with Gasteiger partial charge in [-0.15, -0.1) is 0 Å². The molecule has 3 nitrogen and oxygen atoms in total. The summed E-state index contributed by atoms with van der Waals surface area (Å²) >= 11 is 0. The van der Waals surface area contributed by atoms with Crippen LogP contribution >= 0.6 is 0 Å². The monoisotopic (exact) mass is 379 g/mol. The van der Waals surface area contributed by atoms with E-state index in [1.165, 1.54) is 49.2 Å². The predicted octanol–water partition coefficient (Wildman–Crippen LogP) is 5.45. The van der Waals surface area contributed by atoms with Gasteiger partial charge in [-0.2, -0.15) is 0 Å². The maximum Gasteiger partial charge on any atom is 0.197 e. The van der Waals surface area contributed by atoms with Crippen LogP contribution in [0.25, 0.3) is 0 Å². The molecule has 1 aliphatic heterocycles. The van der Waals surface area contributed by atoms with Crippen LogP contribution in [0.15, 0.2) is 59.1 Å². The van der Waals surface area contributed by atoms with Gasteiger partial charge in [0.25, 0.3) is 0 Å². The number of hydrogen-bond donors (Lipinski definition) is 0. The standard InChI is InChI=1S/C25H37N3/c1-25(2,3)26-24-27(18-10-16-22-12-6-4-7-13-22)20-21-28(24)19-11-17-23-14-8-5-9-15-23/h4,6-8,12-15H,5,9-11,16-21H2,1-3H3. The summed E-state index contributed by atoms with van der Waals surface area (Å²) in [7, 11) is 0. The summed E-state index contributed by atoms with van der Waals surface area (Å²) < 4.78 is 0. The Hall–Kier alpha value is -2.03. The lowest BCUT2D eigenvalue weighted by atomic mass is 10.0. The van der Waals surface area contributed by atoms with E-state index < -0.39 is 0 Å².